The first-order valence-corrected chi connectivity index (χ1v) is 6.43. The Balaban J connectivity index is 2.60. The molecule has 1 N–H and O–H groups in total. The van der Waals surface area contributed by atoms with Crippen LogP contribution in [0.3, 0.4) is 0 Å². The van der Waals surface area contributed by atoms with Crippen molar-refractivity contribution < 1.29 is 0 Å². The molecule has 0 aromatic carbocycles. The lowest BCUT2D eigenvalue weighted by Gasteiger charge is -2.10. The first kappa shape index (κ1) is 12.5. The van der Waals surface area contributed by atoms with E-state index in [2.05, 4.69) is 37.1 Å². The van der Waals surface area contributed by atoms with E-state index in [1.807, 2.05) is 24.0 Å². The number of nitrogens with zero attached hydrogens (tertiary/aromatic N) is 1. The van der Waals surface area contributed by atoms with Crippen molar-refractivity contribution in [1.82, 2.24) is 10.3 Å². The zero-order valence-electron chi connectivity index (χ0n) is 9.79. The van der Waals surface area contributed by atoms with Crippen LogP contribution in [0.1, 0.15) is 32.8 Å². The fourth-order valence-electron chi connectivity index (χ4n) is 1.29. The molecule has 0 aliphatic heterocycles. The Labute approximate surface area is 96.9 Å². The maximum absolute atomic E-state index is 4.42. The van der Waals surface area contributed by atoms with Gasteiger partial charge in [0.1, 0.15) is 5.03 Å². The minimum absolute atomic E-state index is 0.588. The largest absolute Gasteiger partial charge is 0.313 e. The number of thioether (sulfide) groups is 1. The molecule has 1 heterocycles. The van der Waals surface area contributed by atoms with Crippen molar-refractivity contribution in [3.63, 3.8) is 0 Å². The zero-order valence-corrected chi connectivity index (χ0v) is 10.6. The second-order valence-corrected chi connectivity index (χ2v) is 5.38. The lowest BCUT2D eigenvalue weighted by atomic mass is 10.3. The van der Waals surface area contributed by atoms with Crippen LogP contribution in [0.4, 0.5) is 0 Å². The van der Waals surface area contributed by atoms with Gasteiger partial charge in [0.05, 0.1) is 0 Å². The van der Waals surface area contributed by atoms with E-state index in [-0.39, 0.29) is 0 Å². The zero-order chi connectivity index (χ0) is 11.1. The van der Waals surface area contributed by atoms with Crippen LogP contribution in [0.2, 0.25) is 0 Å². The molecule has 0 fully saturated rings. The number of nitrogens with one attached hydrogen (secondary N) is 1. The highest BCUT2D eigenvalue weighted by molar-refractivity contribution is 7.99. The van der Waals surface area contributed by atoms with Crippen LogP contribution >= 0.6 is 11.8 Å². The third-order valence-corrected chi connectivity index (χ3v) is 3.00. The first-order chi connectivity index (χ1) is 7.24. The smallest absolute Gasteiger partial charge is 0.101 e. The van der Waals surface area contributed by atoms with Crippen LogP contribution in [-0.4, -0.2) is 16.8 Å². The molecule has 0 bridgehead atoms. The van der Waals surface area contributed by atoms with Gasteiger partial charge in [0.15, 0.2) is 0 Å². The van der Waals surface area contributed by atoms with E-state index in [1.165, 1.54) is 12.0 Å². The number of aromatic nitrogens is 1. The molecular weight excluding hydrogens is 204 g/mol. The fraction of sp³-hybridized carbons (Fsp3) is 0.583. The average molecular weight is 224 g/mol. The highest BCUT2D eigenvalue weighted by atomic mass is 32.2. The molecule has 1 rings (SSSR count). The Hall–Kier alpha value is -0.540. The molecule has 15 heavy (non-hydrogen) atoms. The SMILES string of the molecule is CCCNCc1cccnc1SC(C)C. The van der Waals surface area contributed by atoms with Crippen LogP contribution in [-0.2, 0) is 6.54 Å². The monoisotopic (exact) mass is 224 g/mol. The molecule has 3 heteroatoms. The van der Waals surface area contributed by atoms with Crippen molar-refractivity contribution in [3.05, 3.63) is 23.9 Å². The molecule has 2 nitrogen and oxygen atoms in total. The topological polar surface area (TPSA) is 24.9 Å². The minimum atomic E-state index is 0.588. The molecule has 0 aliphatic carbocycles. The molecular formula is C12H20N2S. The van der Waals surface area contributed by atoms with Gasteiger partial charge in [-0.15, -0.1) is 11.8 Å². The first-order valence-electron chi connectivity index (χ1n) is 5.55. The van der Waals surface area contributed by atoms with E-state index in [0.29, 0.717) is 5.25 Å². The second-order valence-electron chi connectivity index (χ2n) is 3.81. The van der Waals surface area contributed by atoms with Gasteiger partial charge in [0.2, 0.25) is 0 Å². The van der Waals surface area contributed by atoms with E-state index in [4.69, 9.17) is 0 Å². The van der Waals surface area contributed by atoms with Gasteiger partial charge < -0.3 is 5.32 Å². The van der Waals surface area contributed by atoms with E-state index >= 15 is 0 Å². The molecule has 1 aromatic rings. The summed E-state index contributed by atoms with van der Waals surface area (Å²) in [6.07, 6.45) is 3.04. The van der Waals surface area contributed by atoms with Gasteiger partial charge in [-0.05, 0) is 24.6 Å². The molecule has 0 saturated heterocycles. The lowest BCUT2D eigenvalue weighted by Crippen LogP contribution is -2.14. The summed E-state index contributed by atoms with van der Waals surface area (Å²) < 4.78 is 0. The maximum atomic E-state index is 4.42. The predicted octanol–water partition coefficient (Wildman–Crippen LogP) is 3.08. The van der Waals surface area contributed by atoms with E-state index < -0.39 is 0 Å². The number of hydrogen-bond acceptors (Lipinski definition) is 3. The van der Waals surface area contributed by atoms with Gasteiger partial charge >= 0.3 is 0 Å². The van der Waals surface area contributed by atoms with Gasteiger partial charge in [-0.2, -0.15) is 0 Å². The molecule has 84 valence electrons. The molecule has 0 unspecified atom stereocenters. The number of hydrogen-bond donors (Lipinski definition) is 1. The second kappa shape index (κ2) is 6.85. The Bertz CT molecular complexity index is 287. The summed E-state index contributed by atoms with van der Waals surface area (Å²) in [6, 6.07) is 4.16. The van der Waals surface area contributed by atoms with Crippen molar-refractivity contribution in [2.45, 2.75) is 44.0 Å². The highest BCUT2D eigenvalue weighted by Crippen LogP contribution is 2.23. The van der Waals surface area contributed by atoms with Crippen LogP contribution in [0.25, 0.3) is 0 Å². The van der Waals surface area contributed by atoms with Gasteiger partial charge in [-0.3, -0.25) is 0 Å². The molecule has 0 amide bonds. The fourth-order valence-corrected chi connectivity index (χ4v) is 2.15. The van der Waals surface area contributed by atoms with E-state index in [9.17, 15) is 0 Å². The third-order valence-electron chi connectivity index (χ3n) is 1.94. The van der Waals surface area contributed by atoms with E-state index in [0.717, 1.165) is 18.1 Å². The summed E-state index contributed by atoms with van der Waals surface area (Å²) >= 11 is 1.83. The van der Waals surface area contributed by atoms with Crippen LogP contribution in [0.15, 0.2) is 23.4 Å². The molecule has 0 radical (unpaired) electrons. The Morgan fingerprint density at radius 1 is 1.47 bits per heavy atom. The Kier molecular flexibility index (Phi) is 5.73. The molecule has 0 saturated carbocycles. The predicted molar refractivity (Wildman–Crippen MR) is 67.2 cm³/mol. The maximum Gasteiger partial charge on any atom is 0.101 e. The number of rotatable bonds is 6. The quantitative estimate of drug-likeness (QED) is 0.594. The summed E-state index contributed by atoms with van der Waals surface area (Å²) in [4.78, 5) is 4.42. The summed E-state index contributed by atoms with van der Waals surface area (Å²) in [7, 11) is 0. The standard InChI is InChI=1S/C12H20N2S/c1-4-7-13-9-11-6-5-8-14-12(11)15-10(2)3/h5-6,8,10,13H,4,7,9H2,1-3H3. The number of pyridine rings is 1. The minimum Gasteiger partial charge on any atom is -0.313 e. The normalized spacial score (nSPS) is 10.9. The Morgan fingerprint density at radius 2 is 2.27 bits per heavy atom. The third kappa shape index (κ3) is 4.67. The molecule has 1 aromatic heterocycles. The van der Waals surface area contributed by atoms with Crippen molar-refractivity contribution in [2.24, 2.45) is 0 Å². The van der Waals surface area contributed by atoms with Gasteiger partial charge in [-0.25, -0.2) is 4.98 Å². The van der Waals surface area contributed by atoms with Gasteiger partial charge in [-0.1, -0.05) is 26.8 Å². The highest BCUT2D eigenvalue weighted by Gasteiger charge is 2.05. The Morgan fingerprint density at radius 3 is 2.93 bits per heavy atom. The van der Waals surface area contributed by atoms with Gasteiger partial charge in [0.25, 0.3) is 0 Å². The van der Waals surface area contributed by atoms with E-state index in [1.54, 1.807) is 0 Å². The summed E-state index contributed by atoms with van der Waals surface area (Å²) in [6.45, 7) is 8.57. The average Bonchev–Trinajstić information content (AvgIpc) is 2.20. The summed E-state index contributed by atoms with van der Waals surface area (Å²) in [5.41, 5.74) is 1.31. The molecule has 0 atom stereocenters. The summed E-state index contributed by atoms with van der Waals surface area (Å²) in [5, 5.41) is 5.16. The summed E-state index contributed by atoms with van der Waals surface area (Å²) in [5.74, 6) is 0. The van der Waals surface area contributed by atoms with Crippen molar-refractivity contribution in [2.75, 3.05) is 6.54 Å². The van der Waals surface area contributed by atoms with Crippen LogP contribution < -0.4 is 5.32 Å². The van der Waals surface area contributed by atoms with Gasteiger partial charge in [0, 0.05) is 18.0 Å². The lowest BCUT2D eigenvalue weighted by molar-refractivity contribution is 0.665. The van der Waals surface area contributed by atoms with Crippen LogP contribution in [0.5, 0.6) is 0 Å². The van der Waals surface area contributed by atoms with Crippen molar-refractivity contribution in [3.8, 4) is 0 Å². The molecule has 0 aliphatic rings. The van der Waals surface area contributed by atoms with Crippen molar-refractivity contribution in [1.29, 1.82) is 0 Å². The van der Waals surface area contributed by atoms with Crippen LogP contribution in [0, 0.1) is 0 Å². The van der Waals surface area contributed by atoms with Crippen molar-refractivity contribution >= 4 is 11.8 Å². The molecule has 0 spiro atoms.